The molecule has 0 aliphatic heterocycles. The highest BCUT2D eigenvalue weighted by molar-refractivity contribution is 5.77. The van der Waals surface area contributed by atoms with Crippen LogP contribution in [0.5, 0.6) is 0 Å². The van der Waals surface area contributed by atoms with Gasteiger partial charge in [-0.2, -0.15) is 0 Å². The van der Waals surface area contributed by atoms with Crippen molar-refractivity contribution in [3.63, 3.8) is 0 Å². The second-order valence-corrected chi connectivity index (χ2v) is 6.57. The molecule has 0 unspecified atom stereocenters. The van der Waals surface area contributed by atoms with E-state index < -0.39 is 0 Å². The first-order valence-electron chi connectivity index (χ1n) is 8.51. The number of nitrogens with two attached hydrogens (primary N) is 2. The van der Waals surface area contributed by atoms with Crippen molar-refractivity contribution in [3.05, 3.63) is 30.1 Å². The molecular weight excluding hydrogens is 300 g/mol. The van der Waals surface area contributed by atoms with E-state index in [0.717, 1.165) is 28.2 Å². The van der Waals surface area contributed by atoms with E-state index in [1.807, 2.05) is 12.1 Å². The third kappa shape index (κ3) is 2.58. The number of anilines is 2. The third-order valence-electron chi connectivity index (χ3n) is 4.81. The van der Waals surface area contributed by atoms with Crippen molar-refractivity contribution in [1.82, 2.24) is 19.5 Å². The summed E-state index contributed by atoms with van der Waals surface area (Å²) in [6, 6.07) is 8.10. The number of aromatic nitrogens is 4. The molecule has 1 aliphatic carbocycles. The summed E-state index contributed by atoms with van der Waals surface area (Å²) in [7, 11) is 0. The fourth-order valence-electron chi connectivity index (χ4n) is 3.75. The van der Waals surface area contributed by atoms with Crippen LogP contribution in [0, 0.1) is 6.92 Å². The van der Waals surface area contributed by atoms with Gasteiger partial charge in [0.2, 0.25) is 0 Å². The Hall–Kier alpha value is -2.63. The molecule has 1 saturated carbocycles. The molecule has 6 nitrogen and oxygen atoms in total. The molecule has 4 rings (SSSR count). The Bertz CT molecular complexity index is 872. The number of nitrogens with zero attached hydrogens (tertiary/aromatic N) is 4. The molecule has 0 aromatic carbocycles. The van der Waals surface area contributed by atoms with Gasteiger partial charge in [-0.1, -0.05) is 19.3 Å². The van der Waals surface area contributed by atoms with Crippen molar-refractivity contribution in [2.45, 2.75) is 45.1 Å². The van der Waals surface area contributed by atoms with Gasteiger partial charge < -0.3 is 16.0 Å². The summed E-state index contributed by atoms with van der Waals surface area (Å²) in [5.41, 5.74) is 15.3. The smallest absolute Gasteiger partial charge is 0.160 e. The highest BCUT2D eigenvalue weighted by Crippen LogP contribution is 2.32. The van der Waals surface area contributed by atoms with Crippen LogP contribution in [-0.2, 0) is 0 Å². The largest absolute Gasteiger partial charge is 0.384 e. The molecule has 3 heterocycles. The highest BCUT2D eigenvalue weighted by Gasteiger charge is 2.21. The van der Waals surface area contributed by atoms with Crippen molar-refractivity contribution in [3.8, 4) is 11.3 Å². The molecule has 3 aromatic heterocycles. The van der Waals surface area contributed by atoms with Crippen LogP contribution < -0.4 is 11.5 Å². The number of pyridine rings is 2. The van der Waals surface area contributed by atoms with E-state index >= 15 is 0 Å². The van der Waals surface area contributed by atoms with Crippen LogP contribution >= 0.6 is 0 Å². The normalized spacial score (nSPS) is 15.9. The number of aryl methyl sites for hydroxylation is 1. The number of nitrogen functional groups attached to an aromatic ring is 2. The van der Waals surface area contributed by atoms with Gasteiger partial charge in [-0.05, 0) is 44.0 Å². The van der Waals surface area contributed by atoms with Gasteiger partial charge >= 0.3 is 0 Å². The second kappa shape index (κ2) is 5.78. The Morgan fingerprint density at radius 1 is 0.958 bits per heavy atom. The van der Waals surface area contributed by atoms with E-state index in [4.69, 9.17) is 21.4 Å². The van der Waals surface area contributed by atoms with E-state index in [0.29, 0.717) is 17.7 Å². The van der Waals surface area contributed by atoms with Crippen LogP contribution in [0.1, 0.15) is 44.0 Å². The lowest BCUT2D eigenvalue weighted by Crippen LogP contribution is -2.14. The Morgan fingerprint density at radius 3 is 2.38 bits per heavy atom. The quantitative estimate of drug-likeness (QED) is 0.753. The zero-order valence-corrected chi connectivity index (χ0v) is 13.9. The summed E-state index contributed by atoms with van der Waals surface area (Å²) in [4.78, 5) is 13.6. The van der Waals surface area contributed by atoms with Gasteiger partial charge in [0.25, 0.3) is 0 Å². The van der Waals surface area contributed by atoms with Crippen molar-refractivity contribution in [1.29, 1.82) is 0 Å². The highest BCUT2D eigenvalue weighted by atomic mass is 15.1. The lowest BCUT2D eigenvalue weighted by molar-refractivity contribution is 0.354. The van der Waals surface area contributed by atoms with E-state index in [2.05, 4.69) is 16.5 Å². The fourth-order valence-corrected chi connectivity index (χ4v) is 3.75. The van der Waals surface area contributed by atoms with Crippen molar-refractivity contribution >= 4 is 22.8 Å². The maximum Gasteiger partial charge on any atom is 0.160 e. The molecule has 24 heavy (non-hydrogen) atoms. The Balaban J connectivity index is 1.84. The number of fused-ring (bicyclic) bond motifs is 1. The topological polar surface area (TPSA) is 95.6 Å². The van der Waals surface area contributed by atoms with E-state index in [-0.39, 0.29) is 0 Å². The standard InChI is InChI=1S/C18H22N6/c1-11-21-15-8-7-14(12-9-16(19)23-17(20)10-12)22-18(15)24(11)13-5-3-2-4-6-13/h7-10,13H,2-6H2,1H3,(H4,19,20,23). The monoisotopic (exact) mass is 322 g/mol. The summed E-state index contributed by atoms with van der Waals surface area (Å²) >= 11 is 0. The van der Waals surface area contributed by atoms with E-state index in [1.54, 1.807) is 12.1 Å². The molecule has 0 atom stereocenters. The number of hydrogen-bond donors (Lipinski definition) is 2. The summed E-state index contributed by atoms with van der Waals surface area (Å²) in [5, 5.41) is 0. The van der Waals surface area contributed by atoms with Crippen LogP contribution in [0.4, 0.5) is 11.6 Å². The molecule has 1 aliphatic rings. The molecule has 1 fully saturated rings. The van der Waals surface area contributed by atoms with Crippen molar-refractivity contribution in [2.75, 3.05) is 11.5 Å². The van der Waals surface area contributed by atoms with Gasteiger partial charge in [-0.25, -0.2) is 15.0 Å². The van der Waals surface area contributed by atoms with Gasteiger partial charge in [0.05, 0.1) is 5.69 Å². The van der Waals surface area contributed by atoms with Crippen molar-refractivity contribution in [2.24, 2.45) is 0 Å². The zero-order valence-electron chi connectivity index (χ0n) is 13.9. The summed E-state index contributed by atoms with van der Waals surface area (Å²) in [5.74, 6) is 1.85. The molecule has 0 amide bonds. The lowest BCUT2D eigenvalue weighted by Gasteiger charge is -2.24. The molecule has 0 spiro atoms. The Morgan fingerprint density at radius 2 is 1.67 bits per heavy atom. The van der Waals surface area contributed by atoms with Crippen LogP contribution in [0.3, 0.4) is 0 Å². The molecule has 0 bridgehead atoms. The first kappa shape index (κ1) is 14.9. The molecule has 0 radical (unpaired) electrons. The van der Waals surface area contributed by atoms with Gasteiger partial charge in [-0.3, -0.25) is 0 Å². The Labute approximate surface area is 140 Å². The SMILES string of the molecule is Cc1nc2ccc(-c3cc(N)nc(N)c3)nc2n1C1CCCCC1. The minimum atomic E-state index is 0.406. The van der Waals surface area contributed by atoms with E-state index in [1.165, 1.54) is 32.1 Å². The first-order valence-corrected chi connectivity index (χ1v) is 8.51. The average molecular weight is 322 g/mol. The van der Waals surface area contributed by atoms with Gasteiger partial charge in [-0.15, -0.1) is 0 Å². The number of rotatable bonds is 2. The summed E-state index contributed by atoms with van der Waals surface area (Å²) in [6.45, 7) is 2.07. The average Bonchev–Trinajstić information content (AvgIpc) is 2.89. The minimum absolute atomic E-state index is 0.406. The maximum absolute atomic E-state index is 5.82. The molecule has 0 saturated heterocycles. The molecule has 6 heteroatoms. The summed E-state index contributed by atoms with van der Waals surface area (Å²) < 4.78 is 2.31. The minimum Gasteiger partial charge on any atom is -0.384 e. The predicted molar refractivity (Wildman–Crippen MR) is 96.4 cm³/mol. The van der Waals surface area contributed by atoms with E-state index in [9.17, 15) is 0 Å². The lowest BCUT2D eigenvalue weighted by atomic mass is 9.95. The van der Waals surface area contributed by atoms with Crippen LogP contribution in [0.25, 0.3) is 22.4 Å². The number of hydrogen-bond acceptors (Lipinski definition) is 5. The van der Waals surface area contributed by atoms with Crippen LogP contribution in [0.2, 0.25) is 0 Å². The predicted octanol–water partition coefficient (Wildman–Crippen LogP) is 3.47. The van der Waals surface area contributed by atoms with Crippen LogP contribution in [0.15, 0.2) is 24.3 Å². The Kier molecular flexibility index (Phi) is 3.59. The van der Waals surface area contributed by atoms with Gasteiger partial charge in [0, 0.05) is 11.6 Å². The van der Waals surface area contributed by atoms with Crippen molar-refractivity contribution < 1.29 is 0 Å². The summed E-state index contributed by atoms with van der Waals surface area (Å²) in [6.07, 6.45) is 6.29. The number of imidazole rings is 1. The molecule has 124 valence electrons. The zero-order chi connectivity index (χ0) is 16.7. The first-order chi connectivity index (χ1) is 11.6. The maximum atomic E-state index is 5.82. The molecule has 4 N–H and O–H groups in total. The second-order valence-electron chi connectivity index (χ2n) is 6.57. The van der Waals surface area contributed by atoms with Gasteiger partial charge in [0.1, 0.15) is 23.0 Å². The van der Waals surface area contributed by atoms with Gasteiger partial charge in [0.15, 0.2) is 5.65 Å². The van der Waals surface area contributed by atoms with Crippen LogP contribution in [-0.4, -0.2) is 19.5 Å². The third-order valence-corrected chi connectivity index (χ3v) is 4.81. The molecular formula is C18H22N6. The fraction of sp³-hybridized carbons (Fsp3) is 0.389. The molecule has 3 aromatic rings.